The van der Waals surface area contributed by atoms with E-state index in [-0.39, 0.29) is 34.8 Å². The molecule has 3 aromatic carbocycles. The minimum atomic E-state index is -3.72. The van der Waals surface area contributed by atoms with Crippen molar-refractivity contribution in [3.63, 3.8) is 0 Å². The van der Waals surface area contributed by atoms with Gasteiger partial charge in [0.15, 0.2) is 5.75 Å². The quantitative estimate of drug-likeness (QED) is 0.424. The maximum atomic E-state index is 13.1. The molecule has 0 aliphatic carbocycles. The predicted octanol–water partition coefficient (Wildman–Crippen LogP) is 5.57. The molecular weight excluding hydrogens is 488 g/mol. The van der Waals surface area contributed by atoms with Gasteiger partial charge in [-0.05, 0) is 62.2 Å². The molecule has 1 amide bonds. The Bertz CT molecular complexity index is 1280. The molecule has 0 radical (unpaired) electrons. The molecule has 7 nitrogen and oxygen atoms in total. The maximum absolute atomic E-state index is 13.1. The van der Waals surface area contributed by atoms with Crippen molar-refractivity contribution < 1.29 is 22.7 Å². The minimum absolute atomic E-state index is 0.112. The van der Waals surface area contributed by atoms with Crippen molar-refractivity contribution in [1.29, 1.82) is 0 Å². The van der Waals surface area contributed by atoms with Crippen LogP contribution >= 0.6 is 11.6 Å². The summed E-state index contributed by atoms with van der Waals surface area (Å²) in [7, 11) is -3.72. The van der Waals surface area contributed by atoms with E-state index in [1.165, 1.54) is 16.4 Å². The van der Waals surface area contributed by atoms with Crippen LogP contribution in [0.3, 0.4) is 0 Å². The van der Waals surface area contributed by atoms with Crippen molar-refractivity contribution in [3.8, 4) is 17.2 Å². The number of rotatable bonds is 8. The van der Waals surface area contributed by atoms with E-state index in [0.717, 1.165) is 0 Å². The normalized spacial score (nSPS) is 14.9. The monoisotopic (exact) mass is 514 g/mol. The second kappa shape index (κ2) is 11.1. The molecule has 0 bridgehead atoms. The fourth-order valence-electron chi connectivity index (χ4n) is 3.93. The SMILES string of the molecule is CCOc1ccc(S(=O)(=O)N2CCC(C(=O)Nc3ccccc3Oc3ccccc3)CC2)cc1Cl. The first-order valence-electron chi connectivity index (χ1n) is 11.4. The standard InChI is InChI=1S/C26H27ClN2O5S/c1-2-33-24-13-12-21(18-22(24)27)35(31,32)29-16-14-19(15-17-29)26(30)28-23-10-6-7-11-25(23)34-20-8-4-3-5-9-20/h3-13,18-19H,2,14-17H2,1H3,(H,28,30). The van der Waals surface area contributed by atoms with E-state index in [0.29, 0.717) is 42.4 Å². The molecule has 0 aromatic heterocycles. The molecule has 35 heavy (non-hydrogen) atoms. The van der Waals surface area contributed by atoms with Crippen LogP contribution in [0.1, 0.15) is 19.8 Å². The number of halogens is 1. The number of benzene rings is 3. The number of hydrogen-bond acceptors (Lipinski definition) is 5. The second-order valence-corrected chi connectivity index (χ2v) is 10.4. The maximum Gasteiger partial charge on any atom is 0.243 e. The smallest absolute Gasteiger partial charge is 0.243 e. The Hall–Kier alpha value is -3.07. The molecule has 1 fully saturated rings. The van der Waals surface area contributed by atoms with Crippen molar-refractivity contribution in [2.45, 2.75) is 24.7 Å². The lowest BCUT2D eigenvalue weighted by atomic mass is 9.97. The van der Waals surface area contributed by atoms with Crippen LogP contribution in [0.5, 0.6) is 17.2 Å². The molecule has 0 saturated carbocycles. The van der Waals surface area contributed by atoms with E-state index in [1.54, 1.807) is 18.2 Å². The summed E-state index contributed by atoms with van der Waals surface area (Å²) in [6, 6.07) is 21.0. The average Bonchev–Trinajstić information content (AvgIpc) is 2.87. The number of amides is 1. The van der Waals surface area contributed by atoms with Gasteiger partial charge in [-0.15, -0.1) is 0 Å². The van der Waals surface area contributed by atoms with Crippen molar-refractivity contribution in [2.75, 3.05) is 25.0 Å². The molecule has 0 unspecified atom stereocenters. The molecule has 1 aliphatic heterocycles. The van der Waals surface area contributed by atoms with E-state index in [4.69, 9.17) is 21.1 Å². The van der Waals surface area contributed by atoms with Crippen LogP contribution in [-0.2, 0) is 14.8 Å². The first-order valence-corrected chi connectivity index (χ1v) is 13.3. The third kappa shape index (κ3) is 5.96. The Labute approximate surface area is 210 Å². The van der Waals surface area contributed by atoms with Gasteiger partial charge in [0.2, 0.25) is 15.9 Å². The van der Waals surface area contributed by atoms with Gasteiger partial charge in [-0.2, -0.15) is 4.31 Å². The topological polar surface area (TPSA) is 84.9 Å². The van der Waals surface area contributed by atoms with Gasteiger partial charge in [0.25, 0.3) is 0 Å². The van der Waals surface area contributed by atoms with Gasteiger partial charge in [-0.25, -0.2) is 8.42 Å². The zero-order valence-corrected chi connectivity index (χ0v) is 20.9. The van der Waals surface area contributed by atoms with Crippen molar-refractivity contribution in [1.82, 2.24) is 4.31 Å². The van der Waals surface area contributed by atoms with Crippen LogP contribution in [0, 0.1) is 5.92 Å². The number of carbonyl (C=O) groups excluding carboxylic acids is 1. The van der Waals surface area contributed by atoms with Crippen LogP contribution in [0.2, 0.25) is 5.02 Å². The van der Waals surface area contributed by atoms with E-state index in [2.05, 4.69) is 5.32 Å². The largest absolute Gasteiger partial charge is 0.492 e. The number of para-hydroxylation sites is 3. The van der Waals surface area contributed by atoms with Crippen LogP contribution < -0.4 is 14.8 Å². The summed E-state index contributed by atoms with van der Waals surface area (Å²) < 4.78 is 38.9. The van der Waals surface area contributed by atoms with Crippen LogP contribution in [0.4, 0.5) is 5.69 Å². The highest BCUT2D eigenvalue weighted by molar-refractivity contribution is 7.89. The predicted molar refractivity (Wildman–Crippen MR) is 136 cm³/mol. The van der Waals surface area contributed by atoms with Gasteiger partial charge in [0.05, 0.1) is 22.2 Å². The fraction of sp³-hybridized carbons (Fsp3) is 0.269. The number of carbonyl (C=O) groups is 1. The number of piperidine rings is 1. The molecule has 9 heteroatoms. The van der Waals surface area contributed by atoms with Crippen molar-refractivity contribution >= 4 is 33.2 Å². The highest BCUT2D eigenvalue weighted by atomic mass is 35.5. The molecule has 3 aromatic rings. The number of nitrogens with zero attached hydrogens (tertiary/aromatic N) is 1. The molecule has 1 saturated heterocycles. The lowest BCUT2D eigenvalue weighted by Crippen LogP contribution is -2.41. The van der Waals surface area contributed by atoms with Gasteiger partial charge in [0, 0.05) is 19.0 Å². The fourth-order valence-corrected chi connectivity index (χ4v) is 5.73. The third-order valence-corrected chi connectivity index (χ3v) is 7.97. The summed E-state index contributed by atoms with van der Waals surface area (Å²) in [6.45, 7) is 2.75. The van der Waals surface area contributed by atoms with Gasteiger partial charge < -0.3 is 14.8 Å². The first-order chi connectivity index (χ1) is 16.9. The number of anilines is 1. The van der Waals surface area contributed by atoms with Crippen LogP contribution in [0.15, 0.2) is 77.7 Å². The molecule has 1 heterocycles. The Morgan fingerprint density at radius 2 is 1.69 bits per heavy atom. The number of nitrogens with one attached hydrogen (secondary N) is 1. The van der Waals surface area contributed by atoms with Gasteiger partial charge in [0.1, 0.15) is 11.5 Å². The van der Waals surface area contributed by atoms with E-state index in [1.807, 2.05) is 49.4 Å². The molecule has 0 atom stereocenters. The van der Waals surface area contributed by atoms with Gasteiger partial charge in [-0.3, -0.25) is 4.79 Å². The summed E-state index contributed by atoms with van der Waals surface area (Å²) in [6.07, 6.45) is 0.828. The van der Waals surface area contributed by atoms with E-state index >= 15 is 0 Å². The second-order valence-electron chi connectivity index (χ2n) is 8.10. The molecule has 0 spiro atoms. The number of ether oxygens (including phenoxy) is 2. The zero-order chi connectivity index (χ0) is 24.8. The van der Waals surface area contributed by atoms with E-state index < -0.39 is 10.0 Å². The van der Waals surface area contributed by atoms with E-state index in [9.17, 15) is 13.2 Å². The molecule has 1 aliphatic rings. The number of hydrogen-bond donors (Lipinski definition) is 1. The van der Waals surface area contributed by atoms with Crippen LogP contribution in [-0.4, -0.2) is 38.3 Å². The van der Waals surface area contributed by atoms with Crippen molar-refractivity contribution in [3.05, 3.63) is 77.8 Å². The Kier molecular flexibility index (Phi) is 7.95. The molecule has 4 rings (SSSR count). The highest BCUT2D eigenvalue weighted by Crippen LogP contribution is 2.32. The van der Waals surface area contributed by atoms with Gasteiger partial charge >= 0.3 is 0 Å². The van der Waals surface area contributed by atoms with Crippen LogP contribution in [0.25, 0.3) is 0 Å². The summed E-state index contributed by atoms with van der Waals surface area (Å²) in [4.78, 5) is 13.1. The summed E-state index contributed by atoms with van der Waals surface area (Å²) in [5.41, 5.74) is 0.570. The molecule has 184 valence electrons. The lowest BCUT2D eigenvalue weighted by Gasteiger charge is -2.30. The average molecular weight is 515 g/mol. The highest BCUT2D eigenvalue weighted by Gasteiger charge is 2.32. The minimum Gasteiger partial charge on any atom is -0.492 e. The molecule has 1 N–H and O–H groups in total. The summed E-state index contributed by atoms with van der Waals surface area (Å²) in [5.74, 6) is 1.19. The first kappa shape index (κ1) is 25.0. The lowest BCUT2D eigenvalue weighted by molar-refractivity contribution is -0.120. The van der Waals surface area contributed by atoms with Gasteiger partial charge in [-0.1, -0.05) is 41.9 Å². The van der Waals surface area contributed by atoms with Crippen molar-refractivity contribution in [2.24, 2.45) is 5.92 Å². The Morgan fingerprint density at radius 3 is 2.37 bits per heavy atom. The number of sulfonamides is 1. The Balaban J connectivity index is 1.39. The molecular formula is C26H27ClN2O5S. The Morgan fingerprint density at radius 1 is 1.00 bits per heavy atom. The summed E-state index contributed by atoms with van der Waals surface area (Å²) >= 11 is 6.19. The summed E-state index contributed by atoms with van der Waals surface area (Å²) in [5, 5.41) is 3.20. The zero-order valence-electron chi connectivity index (χ0n) is 19.3. The third-order valence-electron chi connectivity index (χ3n) is 5.78.